The van der Waals surface area contributed by atoms with E-state index in [1.54, 1.807) is 11.8 Å². The van der Waals surface area contributed by atoms with Crippen molar-refractivity contribution in [3.63, 3.8) is 0 Å². The predicted molar refractivity (Wildman–Crippen MR) is 110 cm³/mol. The monoisotopic (exact) mass is 445 g/mol. The van der Waals surface area contributed by atoms with Crippen molar-refractivity contribution in [1.29, 1.82) is 0 Å². The van der Waals surface area contributed by atoms with Gasteiger partial charge in [0.1, 0.15) is 4.90 Å². The fourth-order valence-electron chi connectivity index (χ4n) is 2.03. The van der Waals surface area contributed by atoms with Gasteiger partial charge in [0.25, 0.3) is 5.91 Å². The minimum Gasteiger partial charge on any atom is -0.272 e. The van der Waals surface area contributed by atoms with Crippen molar-refractivity contribution in [1.82, 2.24) is 9.73 Å². The van der Waals surface area contributed by atoms with Gasteiger partial charge in [0.05, 0.1) is 17.8 Å². The van der Waals surface area contributed by atoms with Crippen molar-refractivity contribution in [2.24, 2.45) is 5.10 Å². The van der Waals surface area contributed by atoms with Crippen LogP contribution in [0.4, 0.5) is 0 Å². The molecule has 1 amide bonds. The zero-order valence-electron chi connectivity index (χ0n) is 14.5. The Bertz CT molecular complexity index is 948. The quantitative estimate of drug-likeness (QED) is 0.401. The van der Waals surface area contributed by atoms with Crippen LogP contribution in [0, 0.1) is 0 Å². The molecule has 2 aromatic rings. The van der Waals surface area contributed by atoms with Gasteiger partial charge in [-0.05, 0) is 42.2 Å². The van der Waals surface area contributed by atoms with E-state index in [2.05, 4.69) is 10.5 Å². The molecule has 2 rings (SSSR count). The Kier molecular flexibility index (Phi) is 7.69. The van der Waals surface area contributed by atoms with Crippen LogP contribution in [0.5, 0.6) is 0 Å². The van der Waals surface area contributed by atoms with Gasteiger partial charge >= 0.3 is 0 Å². The van der Waals surface area contributed by atoms with Crippen molar-refractivity contribution < 1.29 is 13.2 Å². The third-order valence-electron chi connectivity index (χ3n) is 3.47. The number of hydrazone groups is 1. The molecule has 0 aromatic heterocycles. The molecular weight excluding hydrogens is 429 g/mol. The summed E-state index contributed by atoms with van der Waals surface area (Å²) < 4.78 is 26.0. The second kappa shape index (κ2) is 9.57. The minimum atomic E-state index is -3.97. The van der Waals surface area contributed by atoms with Crippen LogP contribution in [0.2, 0.25) is 10.0 Å². The Morgan fingerprint density at radius 2 is 1.89 bits per heavy atom. The lowest BCUT2D eigenvalue weighted by Crippen LogP contribution is -2.36. The second-order valence-corrected chi connectivity index (χ2v) is 9.14. The smallest absolute Gasteiger partial charge is 0.255 e. The molecule has 0 saturated carbocycles. The van der Waals surface area contributed by atoms with Crippen molar-refractivity contribution in [3.05, 3.63) is 58.1 Å². The molecule has 144 valence electrons. The zero-order valence-corrected chi connectivity index (χ0v) is 17.7. The highest BCUT2D eigenvalue weighted by molar-refractivity contribution is 7.98. The van der Waals surface area contributed by atoms with Crippen LogP contribution < -0.4 is 5.43 Å². The van der Waals surface area contributed by atoms with Crippen molar-refractivity contribution in [2.45, 2.75) is 9.79 Å². The molecule has 6 nitrogen and oxygen atoms in total. The average molecular weight is 446 g/mol. The molecule has 0 saturated heterocycles. The maximum atomic E-state index is 12.6. The van der Waals surface area contributed by atoms with E-state index < -0.39 is 22.5 Å². The highest BCUT2D eigenvalue weighted by atomic mass is 35.5. The standard InChI is InChI=1S/C17H17Cl2N3O3S2/c1-22(27(24,25)16-9-13(18)5-8-15(16)19)11-17(23)21-20-10-12-3-6-14(26-2)7-4-12/h3-10H,11H2,1-2H3,(H,21,23)/b20-10-. The Balaban J connectivity index is 1.99. The minimum absolute atomic E-state index is 0.0263. The van der Waals surface area contributed by atoms with Gasteiger partial charge in [-0.15, -0.1) is 11.8 Å². The number of benzene rings is 2. The van der Waals surface area contributed by atoms with E-state index in [1.165, 1.54) is 31.5 Å². The largest absolute Gasteiger partial charge is 0.272 e. The number of carbonyl (C=O) groups is 1. The number of sulfonamides is 1. The van der Waals surface area contributed by atoms with Gasteiger partial charge in [0.15, 0.2) is 0 Å². The molecule has 0 atom stereocenters. The fraction of sp³-hybridized carbons (Fsp3) is 0.176. The van der Waals surface area contributed by atoms with Gasteiger partial charge in [-0.1, -0.05) is 35.3 Å². The topological polar surface area (TPSA) is 78.8 Å². The van der Waals surface area contributed by atoms with Crippen molar-refractivity contribution in [2.75, 3.05) is 19.8 Å². The number of amides is 1. The van der Waals surface area contributed by atoms with Crippen molar-refractivity contribution >= 4 is 57.1 Å². The number of rotatable bonds is 7. The van der Waals surface area contributed by atoms with E-state index in [1.807, 2.05) is 30.5 Å². The number of likely N-dealkylation sites (N-methyl/N-ethyl adjacent to an activating group) is 1. The molecule has 0 aliphatic heterocycles. The number of hydrogen-bond acceptors (Lipinski definition) is 5. The lowest BCUT2D eigenvalue weighted by Gasteiger charge is -2.17. The summed E-state index contributed by atoms with van der Waals surface area (Å²) in [5.41, 5.74) is 3.11. The first kappa shape index (κ1) is 21.7. The molecule has 2 aromatic carbocycles. The van der Waals surface area contributed by atoms with Gasteiger partial charge in [0, 0.05) is 17.0 Å². The summed E-state index contributed by atoms with van der Waals surface area (Å²) in [4.78, 5) is 12.9. The van der Waals surface area contributed by atoms with Crippen molar-refractivity contribution in [3.8, 4) is 0 Å². The summed E-state index contributed by atoms with van der Waals surface area (Å²) in [5, 5.41) is 4.09. The zero-order chi connectivity index (χ0) is 20.0. The van der Waals surface area contributed by atoms with E-state index in [0.717, 1.165) is 14.8 Å². The van der Waals surface area contributed by atoms with Crippen LogP contribution in [0.25, 0.3) is 0 Å². The highest BCUT2D eigenvalue weighted by Gasteiger charge is 2.25. The van der Waals surface area contributed by atoms with Gasteiger partial charge in [-0.2, -0.15) is 9.41 Å². The van der Waals surface area contributed by atoms with Crippen LogP contribution in [-0.2, 0) is 14.8 Å². The van der Waals surface area contributed by atoms with Gasteiger partial charge in [-0.25, -0.2) is 13.8 Å². The molecule has 0 fully saturated rings. The lowest BCUT2D eigenvalue weighted by atomic mass is 10.2. The summed E-state index contributed by atoms with van der Waals surface area (Å²) in [6, 6.07) is 11.7. The number of nitrogens with one attached hydrogen (secondary N) is 1. The SMILES string of the molecule is CSc1ccc(/C=N\NC(=O)CN(C)S(=O)(=O)c2cc(Cl)ccc2Cl)cc1. The van der Waals surface area contributed by atoms with E-state index >= 15 is 0 Å². The van der Waals surface area contributed by atoms with Crippen LogP contribution >= 0.6 is 35.0 Å². The van der Waals surface area contributed by atoms with E-state index in [4.69, 9.17) is 23.2 Å². The van der Waals surface area contributed by atoms with Crippen LogP contribution in [0.3, 0.4) is 0 Å². The third kappa shape index (κ3) is 5.95. The fourth-order valence-corrected chi connectivity index (χ4v) is 4.30. The molecule has 0 bridgehead atoms. The molecule has 27 heavy (non-hydrogen) atoms. The number of hydrogen-bond donors (Lipinski definition) is 1. The second-order valence-electron chi connectivity index (χ2n) is 5.40. The molecule has 1 N–H and O–H groups in total. The predicted octanol–water partition coefficient (Wildman–Crippen LogP) is 3.49. The Labute approximate surface area is 172 Å². The summed E-state index contributed by atoms with van der Waals surface area (Å²) in [6.07, 6.45) is 3.45. The van der Waals surface area contributed by atoms with Gasteiger partial charge < -0.3 is 0 Å². The maximum absolute atomic E-state index is 12.6. The molecule has 0 radical (unpaired) electrons. The van der Waals surface area contributed by atoms with E-state index in [-0.39, 0.29) is 14.9 Å². The van der Waals surface area contributed by atoms with Crippen LogP contribution in [0.1, 0.15) is 5.56 Å². The number of carbonyl (C=O) groups excluding carboxylic acids is 1. The Morgan fingerprint density at radius 1 is 1.22 bits per heavy atom. The maximum Gasteiger partial charge on any atom is 0.255 e. The molecule has 0 heterocycles. The van der Waals surface area contributed by atoms with E-state index in [9.17, 15) is 13.2 Å². The molecule has 0 aliphatic rings. The number of thioether (sulfide) groups is 1. The summed E-state index contributed by atoms with van der Waals surface area (Å²) in [6.45, 7) is -0.423. The molecule has 0 unspecified atom stereocenters. The van der Waals surface area contributed by atoms with Crippen LogP contribution in [0.15, 0.2) is 57.4 Å². The van der Waals surface area contributed by atoms with Gasteiger partial charge in [0.2, 0.25) is 10.0 Å². The average Bonchev–Trinajstić information content (AvgIpc) is 2.64. The first-order valence-corrected chi connectivity index (χ1v) is 11.0. The Morgan fingerprint density at radius 3 is 2.52 bits per heavy atom. The third-order valence-corrected chi connectivity index (χ3v) is 6.73. The molecular formula is C17H17Cl2N3O3S2. The first-order valence-electron chi connectivity index (χ1n) is 7.61. The van der Waals surface area contributed by atoms with Gasteiger partial charge in [-0.3, -0.25) is 4.79 Å². The molecule has 0 aliphatic carbocycles. The first-order chi connectivity index (χ1) is 12.7. The summed E-state index contributed by atoms with van der Waals surface area (Å²) in [5.74, 6) is -0.587. The Hall–Kier alpha value is -1.58. The van der Waals surface area contributed by atoms with E-state index in [0.29, 0.717) is 0 Å². The van der Waals surface area contributed by atoms with Crippen LogP contribution in [-0.4, -0.2) is 44.7 Å². The highest BCUT2D eigenvalue weighted by Crippen LogP contribution is 2.27. The number of halogens is 2. The lowest BCUT2D eigenvalue weighted by molar-refractivity contribution is -0.121. The molecule has 10 heteroatoms. The normalized spacial score (nSPS) is 11.9. The summed E-state index contributed by atoms with van der Waals surface area (Å²) >= 11 is 13.4. The summed E-state index contributed by atoms with van der Waals surface area (Å²) in [7, 11) is -2.70. The number of nitrogens with zero attached hydrogens (tertiary/aromatic N) is 2. The molecule has 0 spiro atoms.